The third-order valence-electron chi connectivity index (χ3n) is 2.94. The van der Waals surface area contributed by atoms with Crippen LogP contribution in [0.3, 0.4) is 0 Å². The molecule has 0 heterocycles. The van der Waals surface area contributed by atoms with Gasteiger partial charge in [-0.25, -0.2) is 0 Å². The number of carbonyl (C=O) groups is 2. The first-order valence-corrected chi connectivity index (χ1v) is 6.57. The van der Waals surface area contributed by atoms with Gasteiger partial charge in [-0.1, -0.05) is 6.08 Å². The van der Waals surface area contributed by atoms with Gasteiger partial charge in [0.05, 0.1) is 5.56 Å². The summed E-state index contributed by atoms with van der Waals surface area (Å²) in [5.74, 6) is -0.639. The summed E-state index contributed by atoms with van der Waals surface area (Å²) < 4.78 is 37.2. The molecule has 0 unspecified atom stereocenters. The van der Waals surface area contributed by atoms with Crippen molar-refractivity contribution in [2.45, 2.75) is 13.1 Å². The fraction of sp³-hybridized carbons (Fsp3) is 0.333. The van der Waals surface area contributed by atoms with E-state index in [-0.39, 0.29) is 18.0 Å². The highest BCUT2D eigenvalue weighted by atomic mass is 19.4. The molecular formula is C15H17F3N2O2. The summed E-state index contributed by atoms with van der Waals surface area (Å²) in [5.41, 5.74) is -0.677. The van der Waals surface area contributed by atoms with Gasteiger partial charge in [0, 0.05) is 32.1 Å². The summed E-state index contributed by atoms with van der Waals surface area (Å²) in [5, 5.41) is 2.55. The van der Waals surface area contributed by atoms with Crippen molar-refractivity contribution in [2.75, 3.05) is 19.6 Å². The number of rotatable bonds is 6. The predicted octanol–water partition coefficient (Wildman–Crippen LogP) is 2.47. The molecule has 0 aromatic heterocycles. The normalized spacial score (nSPS) is 10.9. The van der Waals surface area contributed by atoms with E-state index in [1.165, 1.54) is 11.8 Å². The van der Waals surface area contributed by atoms with Gasteiger partial charge < -0.3 is 10.2 Å². The van der Waals surface area contributed by atoms with Crippen molar-refractivity contribution in [1.29, 1.82) is 0 Å². The van der Waals surface area contributed by atoms with E-state index in [4.69, 9.17) is 0 Å². The highest BCUT2D eigenvalue weighted by Crippen LogP contribution is 2.28. The molecule has 2 amide bonds. The van der Waals surface area contributed by atoms with Crippen molar-refractivity contribution in [3.8, 4) is 0 Å². The average molecular weight is 314 g/mol. The van der Waals surface area contributed by atoms with Crippen LogP contribution in [0, 0.1) is 0 Å². The van der Waals surface area contributed by atoms with Gasteiger partial charge in [0.15, 0.2) is 0 Å². The van der Waals surface area contributed by atoms with E-state index in [9.17, 15) is 22.8 Å². The molecule has 4 nitrogen and oxygen atoms in total. The van der Waals surface area contributed by atoms with Gasteiger partial charge in [0.1, 0.15) is 0 Å². The second-order valence-corrected chi connectivity index (χ2v) is 4.58. The molecule has 1 aromatic rings. The molecular weight excluding hydrogens is 297 g/mol. The van der Waals surface area contributed by atoms with E-state index in [0.29, 0.717) is 13.1 Å². The van der Waals surface area contributed by atoms with Crippen LogP contribution in [0.4, 0.5) is 13.2 Å². The molecule has 1 rings (SSSR count). The van der Waals surface area contributed by atoms with Gasteiger partial charge in [-0.2, -0.15) is 13.2 Å². The maximum Gasteiger partial charge on any atom is 0.416 e. The lowest BCUT2D eigenvalue weighted by Crippen LogP contribution is -2.37. The lowest BCUT2D eigenvalue weighted by molar-refractivity contribution is -0.137. The molecule has 1 N–H and O–H groups in total. The Bertz CT molecular complexity index is 539. The van der Waals surface area contributed by atoms with E-state index in [1.54, 1.807) is 6.08 Å². The largest absolute Gasteiger partial charge is 0.416 e. The minimum absolute atomic E-state index is 0.131. The van der Waals surface area contributed by atoms with Gasteiger partial charge >= 0.3 is 6.18 Å². The zero-order valence-corrected chi connectivity index (χ0v) is 12.1. The molecule has 0 radical (unpaired) electrons. The summed E-state index contributed by atoms with van der Waals surface area (Å²) in [6, 6.07) is 3.94. The van der Waals surface area contributed by atoms with Crippen molar-refractivity contribution in [3.63, 3.8) is 0 Å². The molecule has 0 spiro atoms. The fourth-order valence-electron chi connectivity index (χ4n) is 1.75. The molecule has 0 fully saturated rings. The summed E-state index contributed by atoms with van der Waals surface area (Å²) >= 11 is 0. The number of carbonyl (C=O) groups excluding carboxylic acids is 2. The molecule has 0 atom stereocenters. The number of nitrogens with zero attached hydrogens (tertiary/aromatic N) is 1. The van der Waals surface area contributed by atoms with Gasteiger partial charge in [-0.15, -0.1) is 6.58 Å². The van der Waals surface area contributed by atoms with Crippen LogP contribution < -0.4 is 5.32 Å². The lowest BCUT2D eigenvalue weighted by atomic mass is 10.1. The van der Waals surface area contributed by atoms with Crippen molar-refractivity contribution in [1.82, 2.24) is 10.2 Å². The van der Waals surface area contributed by atoms with E-state index >= 15 is 0 Å². The highest BCUT2D eigenvalue weighted by molar-refractivity contribution is 5.94. The minimum atomic E-state index is -4.43. The third-order valence-corrected chi connectivity index (χ3v) is 2.94. The van der Waals surface area contributed by atoms with E-state index in [0.717, 1.165) is 24.3 Å². The standard InChI is InChI=1S/C15H17F3N2O2/c1-3-9-20(11(2)21)10-8-19-14(22)12-4-6-13(7-5-12)15(16,17)18/h3-7H,1,8-10H2,2H3,(H,19,22). The number of benzene rings is 1. The molecule has 0 bridgehead atoms. The number of amides is 2. The van der Waals surface area contributed by atoms with E-state index in [2.05, 4.69) is 11.9 Å². The summed E-state index contributed by atoms with van der Waals surface area (Å²) in [6.07, 6.45) is -2.86. The molecule has 0 saturated carbocycles. The van der Waals surface area contributed by atoms with Gasteiger partial charge in [0.25, 0.3) is 5.91 Å². The van der Waals surface area contributed by atoms with Gasteiger partial charge in [-0.05, 0) is 24.3 Å². The quantitative estimate of drug-likeness (QED) is 0.820. The Kier molecular flexibility index (Phi) is 6.15. The Hall–Kier alpha value is -2.31. The Morgan fingerprint density at radius 1 is 1.27 bits per heavy atom. The maximum atomic E-state index is 12.4. The van der Waals surface area contributed by atoms with Crippen LogP contribution >= 0.6 is 0 Å². The van der Waals surface area contributed by atoms with Crippen molar-refractivity contribution >= 4 is 11.8 Å². The van der Waals surface area contributed by atoms with Gasteiger partial charge in [-0.3, -0.25) is 9.59 Å². The number of halogens is 3. The van der Waals surface area contributed by atoms with Crippen molar-refractivity contribution in [3.05, 3.63) is 48.0 Å². The first kappa shape index (κ1) is 17.7. The van der Waals surface area contributed by atoms with Crippen LogP contribution in [-0.4, -0.2) is 36.3 Å². The zero-order valence-electron chi connectivity index (χ0n) is 12.1. The predicted molar refractivity (Wildman–Crippen MR) is 76.2 cm³/mol. The number of alkyl halides is 3. The Balaban J connectivity index is 2.55. The summed E-state index contributed by atoms with van der Waals surface area (Å²) in [7, 11) is 0. The van der Waals surface area contributed by atoms with Crippen molar-refractivity contribution < 1.29 is 22.8 Å². The maximum absolute atomic E-state index is 12.4. The van der Waals surface area contributed by atoms with Crippen LogP contribution in [0.15, 0.2) is 36.9 Å². The van der Waals surface area contributed by atoms with Crippen LogP contribution in [0.25, 0.3) is 0 Å². The van der Waals surface area contributed by atoms with Crippen molar-refractivity contribution in [2.24, 2.45) is 0 Å². The molecule has 120 valence electrons. The van der Waals surface area contributed by atoms with Crippen LogP contribution in [0.5, 0.6) is 0 Å². The van der Waals surface area contributed by atoms with Crippen LogP contribution in [0.2, 0.25) is 0 Å². The zero-order chi connectivity index (χ0) is 16.8. The van der Waals surface area contributed by atoms with Gasteiger partial charge in [0.2, 0.25) is 5.91 Å². The second-order valence-electron chi connectivity index (χ2n) is 4.58. The van der Waals surface area contributed by atoms with Crippen LogP contribution in [0.1, 0.15) is 22.8 Å². The highest BCUT2D eigenvalue weighted by Gasteiger charge is 2.30. The topological polar surface area (TPSA) is 49.4 Å². The Labute approximate surface area is 126 Å². The smallest absolute Gasteiger partial charge is 0.350 e. The first-order chi connectivity index (χ1) is 10.3. The molecule has 0 saturated heterocycles. The monoisotopic (exact) mass is 314 g/mol. The minimum Gasteiger partial charge on any atom is -0.350 e. The SMILES string of the molecule is C=CCN(CCNC(=O)c1ccc(C(F)(F)F)cc1)C(C)=O. The molecule has 7 heteroatoms. The summed E-state index contributed by atoms with van der Waals surface area (Å²) in [6.45, 7) is 5.80. The molecule has 0 aliphatic carbocycles. The fourth-order valence-corrected chi connectivity index (χ4v) is 1.75. The average Bonchev–Trinajstić information content (AvgIpc) is 2.45. The molecule has 22 heavy (non-hydrogen) atoms. The van der Waals surface area contributed by atoms with E-state index in [1.807, 2.05) is 0 Å². The molecule has 0 aliphatic heterocycles. The van der Waals surface area contributed by atoms with Crippen LogP contribution in [-0.2, 0) is 11.0 Å². The number of hydrogen-bond donors (Lipinski definition) is 1. The molecule has 0 aliphatic rings. The lowest BCUT2D eigenvalue weighted by Gasteiger charge is -2.19. The molecule has 1 aromatic carbocycles. The number of nitrogens with one attached hydrogen (secondary N) is 1. The third kappa shape index (κ3) is 5.23. The summed E-state index contributed by atoms with van der Waals surface area (Å²) in [4.78, 5) is 24.6. The van der Waals surface area contributed by atoms with E-state index < -0.39 is 17.6 Å². The Morgan fingerprint density at radius 2 is 1.86 bits per heavy atom. The first-order valence-electron chi connectivity index (χ1n) is 6.57. The second kappa shape index (κ2) is 7.63. The Morgan fingerprint density at radius 3 is 2.32 bits per heavy atom. The number of hydrogen-bond acceptors (Lipinski definition) is 2.